The van der Waals surface area contributed by atoms with E-state index in [9.17, 15) is 8.42 Å². The number of hydrogen-bond donors (Lipinski definition) is 2. The Balaban J connectivity index is 2.27. The van der Waals surface area contributed by atoms with Crippen molar-refractivity contribution < 1.29 is 8.42 Å². The maximum absolute atomic E-state index is 12.3. The molecule has 1 aromatic rings. The first-order chi connectivity index (χ1) is 8.32. The maximum Gasteiger partial charge on any atom is 0.241 e. The van der Waals surface area contributed by atoms with E-state index in [2.05, 4.69) is 10.0 Å². The van der Waals surface area contributed by atoms with Gasteiger partial charge in [0.15, 0.2) is 0 Å². The maximum atomic E-state index is 12.3. The van der Waals surface area contributed by atoms with Gasteiger partial charge in [0, 0.05) is 12.1 Å². The summed E-state index contributed by atoms with van der Waals surface area (Å²) in [5, 5.41) is 3.18. The second kappa shape index (κ2) is 4.64. The highest BCUT2D eigenvalue weighted by Crippen LogP contribution is 2.20. The minimum Gasteiger partial charge on any atom is -0.315 e. The van der Waals surface area contributed by atoms with Gasteiger partial charge in [0.25, 0.3) is 0 Å². The van der Waals surface area contributed by atoms with Crippen LogP contribution in [0.15, 0.2) is 23.1 Å². The van der Waals surface area contributed by atoms with E-state index in [-0.39, 0.29) is 5.54 Å². The van der Waals surface area contributed by atoms with Crippen LogP contribution in [0, 0.1) is 13.8 Å². The number of hydrogen-bond acceptors (Lipinski definition) is 3. The molecule has 0 bridgehead atoms. The molecule has 4 nitrogen and oxygen atoms in total. The van der Waals surface area contributed by atoms with Crippen LogP contribution in [0.5, 0.6) is 0 Å². The number of nitrogens with one attached hydrogen (secondary N) is 2. The Morgan fingerprint density at radius 2 is 2.00 bits per heavy atom. The van der Waals surface area contributed by atoms with Gasteiger partial charge >= 0.3 is 0 Å². The van der Waals surface area contributed by atoms with Crippen molar-refractivity contribution in [2.24, 2.45) is 0 Å². The van der Waals surface area contributed by atoms with Gasteiger partial charge in [0.05, 0.1) is 4.90 Å². The van der Waals surface area contributed by atoms with Crippen molar-refractivity contribution in [3.8, 4) is 0 Å². The van der Waals surface area contributed by atoms with Gasteiger partial charge in [-0.3, -0.25) is 0 Å². The van der Waals surface area contributed by atoms with Gasteiger partial charge in [-0.25, -0.2) is 13.1 Å². The van der Waals surface area contributed by atoms with E-state index in [4.69, 9.17) is 0 Å². The lowest BCUT2D eigenvalue weighted by Crippen LogP contribution is -2.47. The van der Waals surface area contributed by atoms with Crippen molar-refractivity contribution in [1.29, 1.82) is 0 Å². The summed E-state index contributed by atoms with van der Waals surface area (Å²) in [6.45, 7) is 7.36. The van der Waals surface area contributed by atoms with E-state index in [0.29, 0.717) is 11.4 Å². The Morgan fingerprint density at radius 3 is 2.56 bits per heavy atom. The monoisotopic (exact) mass is 268 g/mol. The topological polar surface area (TPSA) is 58.2 Å². The highest BCUT2D eigenvalue weighted by atomic mass is 32.2. The van der Waals surface area contributed by atoms with Crippen LogP contribution in [0.2, 0.25) is 0 Å². The van der Waals surface area contributed by atoms with Gasteiger partial charge in [-0.1, -0.05) is 6.07 Å². The zero-order chi connectivity index (χ0) is 13.4. The summed E-state index contributed by atoms with van der Waals surface area (Å²) in [4.78, 5) is 0.346. The van der Waals surface area contributed by atoms with Crippen LogP contribution in [0.3, 0.4) is 0 Å². The van der Waals surface area contributed by atoms with Crippen LogP contribution in [-0.2, 0) is 10.0 Å². The number of benzene rings is 1. The van der Waals surface area contributed by atoms with E-state index in [1.165, 1.54) is 0 Å². The second-order valence-electron chi connectivity index (χ2n) is 5.34. The molecule has 1 aromatic carbocycles. The molecular formula is C13H20N2O2S. The molecule has 1 aliphatic heterocycles. The molecule has 2 N–H and O–H groups in total. The number of sulfonamides is 1. The van der Waals surface area contributed by atoms with Gasteiger partial charge < -0.3 is 5.32 Å². The fraction of sp³-hybridized carbons (Fsp3) is 0.538. The van der Waals surface area contributed by atoms with E-state index < -0.39 is 10.0 Å². The number of aryl methyl sites for hydroxylation is 2. The molecule has 5 heteroatoms. The van der Waals surface area contributed by atoms with Gasteiger partial charge in [-0.15, -0.1) is 0 Å². The zero-order valence-corrected chi connectivity index (χ0v) is 11.9. The molecule has 1 heterocycles. The van der Waals surface area contributed by atoms with Gasteiger partial charge in [-0.2, -0.15) is 0 Å². The second-order valence-corrected chi connectivity index (χ2v) is 7.02. The van der Waals surface area contributed by atoms with Crippen LogP contribution in [-0.4, -0.2) is 27.0 Å². The minimum absolute atomic E-state index is 0.346. The third-order valence-corrected chi connectivity index (χ3v) is 5.17. The van der Waals surface area contributed by atoms with Crippen molar-refractivity contribution in [3.05, 3.63) is 29.3 Å². The highest BCUT2D eigenvalue weighted by Gasteiger charge is 2.33. The molecule has 0 aliphatic carbocycles. The first-order valence-electron chi connectivity index (χ1n) is 6.14. The van der Waals surface area contributed by atoms with Gasteiger partial charge in [0.2, 0.25) is 10.0 Å². The fourth-order valence-electron chi connectivity index (χ4n) is 2.17. The summed E-state index contributed by atoms with van der Waals surface area (Å²) in [6, 6.07) is 5.24. The predicted molar refractivity (Wildman–Crippen MR) is 72.1 cm³/mol. The summed E-state index contributed by atoms with van der Waals surface area (Å²) in [6.07, 6.45) is 0.817. The molecule has 0 aromatic heterocycles. The Kier molecular flexibility index (Phi) is 3.49. The lowest BCUT2D eigenvalue weighted by molar-refractivity contribution is 0.452. The van der Waals surface area contributed by atoms with Crippen LogP contribution >= 0.6 is 0 Å². The first kappa shape index (κ1) is 13.5. The minimum atomic E-state index is -3.43. The number of rotatable bonds is 3. The lowest BCUT2D eigenvalue weighted by Gasteiger charge is -2.24. The molecule has 1 aliphatic rings. The quantitative estimate of drug-likeness (QED) is 0.869. The Morgan fingerprint density at radius 1 is 1.28 bits per heavy atom. The highest BCUT2D eigenvalue weighted by molar-refractivity contribution is 7.89. The van der Waals surface area contributed by atoms with Crippen LogP contribution < -0.4 is 10.0 Å². The van der Waals surface area contributed by atoms with Crippen molar-refractivity contribution in [2.45, 2.75) is 37.6 Å². The molecule has 18 heavy (non-hydrogen) atoms. The predicted octanol–water partition coefficient (Wildman–Crippen LogP) is 1.33. The third-order valence-electron chi connectivity index (χ3n) is 3.54. The van der Waals surface area contributed by atoms with E-state index in [1.807, 2.05) is 26.8 Å². The van der Waals surface area contributed by atoms with Crippen LogP contribution in [0.4, 0.5) is 0 Å². The van der Waals surface area contributed by atoms with Gasteiger partial charge in [-0.05, 0) is 57.0 Å². The van der Waals surface area contributed by atoms with Crippen molar-refractivity contribution in [2.75, 3.05) is 13.1 Å². The zero-order valence-electron chi connectivity index (χ0n) is 11.1. The molecule has 1 unspecified atom stereocenters. The largest absolute Gasteiger partial charge is 0.315 e. The first-order valence-corrected chi connectivity index (χ1v) is 7.63. The Labute approximate surface area is 109 Å². The summed E-state index contributed by atoms with van der Waals surface area (Å²) < 4.78 is 27.4. The molecular weight excluding hydrogens is 248 g/mol. The standard InChI is InChI=1S/C13H20N2O2S/c1-10-4-5-12(8-11(10)2)18(16,17)15-13(3)6-7-14-9-13/h4-5,8,14-15H,6-7,9H2,1-3H3. The Hall–Kier alpha value is -0.910. The molecule has 0 radical (unpaired) electrons. The average molecular weight is 268 g/mol. The molecule has 0 amide bonds. The SMILES string of the molecule is Cc1ccc(S(=O)(=O)NC2(C)CCNC2)cc1C. The molecule has 100 valence electrons. The lowest BCUT2D eigenvalue weighted by atomic mass is 10.0. The van der Waals surface area contributed by atoms with E-state index in [1.54, 1.807) is 12.1 Å². The summed E-state index contributed by atoms with van der Waals surface area (Å²) in [5.74, 6) is 0. The van der Waals surface area contributed by atoms with E-state index >= 15 is 0 Å². The van der Waals surface area contributed by atoms with Crippen molar-refractivity contribution >= 4 is 10.0 Å². The molecule has 0 saturated carbocycles. The third kappa shape index (κ3) is 2.74. The fourth-order valence-corrected chi connectivity index (χ4v) is 3.69. The van der Waals surface area contributed by atoms with Gasteiger partial charge in [0.1, 0.15) is 0 Å². The normalized spacial score (nSPS) is 24.4. The smallest absolute Gasteiger partial charge is 0.241 e. The summed E-state index contributed by atoms with van der Waals surface area (Å²) in [5.41, 5.74) is 1.72. The van der Waals surface area contributed by atoms with Crippen LogP contribution in [0.25, 0.3) is 0 Å². The average Bonchev–Trinajstić information content (AvgIpc) is 2.67. The van der Waals surface area contributed by atoms with Crippen molar-refractivity contribution in [1.82, 2.24) is 10.0 Å². The summed E-state index contributed by atoms with van der Waals surface area (Å²) in [7, 11) is -3.43. The molecule has 1 atom stereocenters. The summed E-state index contributed by atoms with van der Waals surface area (Å²) >= 11 is 0. The molecule has 2 rings (SSSR count). The van der Waals surface area contributed by atoms with Crippen LogP contribution in [0.1, 0.15) is 24.5 Å². The Bertz CT molecular complexity index is 546. The molecule has 1 saturated heterocycles. The molecule has 0 spiro atoms. The van der Waals surface area contributed by atoms with E-state index in [0.717, 1.165) is 24.1 Å². The van der Waals surface area contributed by atoms with Crippen molar-refractivity contribution in [3.63, 3.8) is 0 Å². The molecule has 1 fully saturated rings.